The summed E-state index contributed by atoms with van der Waals surface area (Å²) in [7, 11) is 4.13. The zero-order chi connectivity index (χ0) is 17.3. The minimum Gasteiger partial charge on any atom is -0.367 e. The fourth-order valence-electron chi connectivity index (χ4n) is 3.74. The van der Waals surface area contributed by atoms with Crippen LogP contribution in [0, 0.1) is 0 Å². The van der Waals surface area contributed by atoms with Gasteiger partial charge in [0, 0.05) is 36.3 Å². The van der Waals surface area contributed by atoms with Crippen molar-refractivity contribution in [2.45, 2.75) is 19.5 Å². The van der Waals surface area contributed by atoms with Crippen LogP contribution in [0.3, 0.4) is 0 Å². The predicted octanol–water partition coefficient (Wildman–Crippen LogP) is 2.91. The number of likely N-dealkylation sites (N-methyl/N-ethyl adjacent to an activating group) is 1. The molecule has 0 radical (unpaired) electrons. The number of nitrogens with zero attached hydrogens (tertiary/aromatic N) is 4. The van der Waals surface area contributed by atoms with Gasteiger partial charge in [-0.25, -0.2) is 4.98 Å². The van der Waals surface area contributed by atoms with Gasteiger partial charge in [-0.1, -0.05) is 6.58 Å². The quantitative estimate of drug-likeness (QED) is 0.610. The zero-order valence-electron chi connectivity index (χ0n) is 14.2. The van der Waals surface area contributed by atoms with Crippen LogP contribution in [0.15, 0.2) is 22.8 Å². The Bertz CT molecular complexity index is 1090. The Morgan fingerprint density at radius 2 is 2.12 bits per heavy atom. The van der Waals surface area contributed by atoms with E-state index in [0.29, 0.717) is 6.54 Å². The minimum atomic E-state index is 0.0776. The summed E-state index contributed by atoms with van der Waals surface area (Å²) in [4.78, 5) is 25.0. The van der Waals surface area contributed by atoms with E-state index in [1.165, 1.54) is 10.4 Å². The largest absolute Gasteiger partial charge is 0.367 e. The van der Waals surface area contributed by atoms with E-state index in [0.717, 1.165) is 51.8 Å². The van der Waals surface area contributed by atoms with Crippen molar-refractivity contribution in [2.24, 2.45) is 0 Å². The van der Waals surface area contributed by atoms with Gasteiger partial charge in [0.2, 0.25) is 0 Å². The Kier molecular flexibility index (Phi) is 3.22. The van der Waals surface area contributed by atoms with Crippen molar-refractivity contribution in [2.75, 3.05) is 20.6 Å². The highest BCUT2D eigenvalue weighted by Crippen LogP contribution is 2.36. The SMILES string of the molecule is C=C1c2ccsc2-n2c(nc3sc4c(c3c2=O)CCN(C)C4)CN1C. The summed E-state index contributed by atoms with van der Waals surface area (Å²) in [6.07, 6.45) is 0.923. The lowest BCUT2D eigenvalue weighted by molar-refractivity contribution is 0.318. The summed E-state index contributed by atoms with van der Waals surface area (Å²) in [5.41, 5.74) is 3.25. The van der Waals surface area contributed by atoms with Crippen molar-refractivity contribution in [3.63, 3.8) is 0 Å². The smallest absolute Gasteiger partial charge is 0.267 e. The Morgan fingerprint density at radius 1 is 1.28 bits per heavy atom. The fraction of sp³-hybridized carbons (Fsp3) is 0.333. The molecule has 5 nitrogen and oxygen atoms in total. The van der Waals surface area contributed by atoms with E-state index in [2.05, 4.69) is 23.4 Å². The number of hydrogen-bond acceptors (Lipinski definition) is 6. The van der Waals surface area contributed by atoms with Crippen LogP contribution in [0.25, 0.3) is 20.9 Å². The maximum atomic E-state index is 13.5. The van der Waals surface area contributed by atoms with E-state index in [1.54, 1.807) is 22.7 Å². The third kappa shape index (κ3) is 2.09. The van der Waals surface area contributed by atoms with E-state index < -0.39 is 0 Å². The van der Waals surface area contributed by atoms with Crippen molar-refractivity contribution in [1.82, 2.24) is 19.4 Å². The second kappa shape index (κ2) is 5.27. The van der Waals surface area contributed by atoms with Crippen molar-refractivity contribution < 1.29 is 0 Å². The van der Waals surface area contributed by atoms with Crippen molar-refractivity contribution >= 4 is 38.6 Å². The Morgan fingerprint density at radius 3 is 2.96 bits per heavy atom. The molecule has 2 aliphatic rings. The number of rotatable bonds is 0. The highest BCUT2D eigenvalue weighted by molar-refractivity contribution is 7.18. The molecule has 0 fully saturated rings. The fourth-order valence-corrected chi connectivity index (χ4v) is 5.98. The first kappa shape index (κ1) is 15.3. The van der Waals surface area contributed by atoms with Gasteiger partial charge in [0.25, 0.3) is 5.56 Å². The molecule has 7 heteroatoms. The van der Waals surface area contributed by atoms with E-state index in [-0.39, 0.29) is 5.56 Å². The standard InChI is InChI=1S/C18H18N4OS2/c1-10-11-5-7-24-18(11)22-14(9-21(10)3)19-16-15(17(22)23)12-4-6-20(2)8-13(12)25-16/h5,7H,1,4,6,8-9H2,2-3H3. The molecule has 25 heavy (non-hydrogen) atoms. The zero-order valence-corrected chi connectivity index (χ0v) is 15.8. The lowest BCUT2D eigenvalue weighted by Crippen LogP contribution is -2.28. The molecule has 0 saturated carbocycles. The molecule has 0 amide bonds. The van der Waals surface area contributed by atoms with Crippen molar-refractivity contribution in [1.29, 1.82) is 0 Å². The minimum absolute atomic E-state index is 0.0776. The van der Waals surface area contributed by atoms with Crippen LogP contribution in [0.1, 0.15) is 21.8 Å². The highest BCUT2D eigenvalue weighted by atomic mass is 32.1. The van der Waals surface area contributed by atoms with Gasteiger partial charge in [0.1, 0.15) is 15.7 Å². The van der Waals surface area contributed by atoms with Crippen LogP contribution in [0.4, 0.5) is 0 Å². The first-order valence-electron chi connectivity index (χ1n) is 8.27. The summed E-state index contributed by atoms with van der Waals surface area (Å²) < 4.78 is 1.82. The van der Waals surface area contributed by atoms with Crippen LogP contribution in [-0.4, -0.2) is 40.0 Å². The topological polar surface area (TPSA) is 41.4 Å². The number of hydrogen-bond donors (Lipinski definition) is 0. The van der Waals surface area contributed by atoms with Gasteiger partial charge in [0.05, 0.1) is 11.9 Å². The molecule has 128 valence electrons. The summed E-state index contributed by atoms with van der Waals surface area (Å²) in [5.74, 6) is 0.800. The Balaban J connectivity index is 1.86. The van der Waals surface area contributed by atoms with Gasteiger partial charge < -0.3 is 9.80 Å². The number of fused-ring (bicyclic) bond motifs is 6. The average molecular weight is 371 g/mol. The maximum Gasteiger partial charge on any atom is 0.267 e. The molecule has 0 saturated heterocycles. The lowest BCUT2D eigenvalue weighted by Gasteiger charge is -2.21. The van der Waals surface area contributed by atoms with Crippen molar-refractivity contribution in [3.05, 3.63) is 50.2 Å². The molecule has 0 atom stereocenters. The third-order valence-electron chi connectivity index (χ3n) is 5.13. The monoisotopic (exact) mass is 370 g/mol. The van der Waals surface area contributed by atoms with Gasteiger partial charge in [-0.05, 0) is 30.5 Å². The number of aromatic nitrogens is 2. The molecule has 5 heterocycles. The Labute approximate surface area is 153 Å². The predicted molar refractivity (Wildman–Crippen MR) is 104 cm³/mol. The van der Waals surface area contributed by atoms with E-state index in [1.807, 2.05) is 23.1 Å². The van der Waals surface area contributed by atoms with E-state index in [9.17, 15) is 4.79 Å². The molecule has 0 unspecified atom stereocenters. The molecule has 0 aromatic carbocycles. The van der Waals surface area contributed by atoms with Gasteiger partial charge in [-0.3, -0.25) is 9.36 Å². The van der Waals surface area contributed by atoms with Crippen LogP contribution < -0.4 is 5.56 Å². The van der Waals surface area contributed by atoms with E-state index >= 15 is 0 Å². The second-order valence-corrected chi connectivity index (χ2v) is 8.76. The lowest BCUT2D eigenvalue weighted by atomic mass is 10.1. The summed E-state index contributed by atoms with van der Waals surface area (Å²) >= 11 is 3.26. The molecular formula is C18H18N4OS2. The van der Waals surface area contributed by atoms with Gasteiger partial charge in [-0.15, -0.1) is 22.7 Å². The molecule has 0 spiro atoms. The molecule has 0 bridgehead atoms. The average Bonchev–Trinajstić information content (AvgIpc) is 3.15. The van der Waals surface area contributed by atoms with E-state index in [4.69, 9.17) is 4.98 Å². The Hall–Kier alpha value is -1.96. The van der Waals surface area contributed by atoms with Gasteiger partial charge in [-0.2, -0.15) is 0 Å². The molecular weight excluding hydrogens is 352 g/mol. The van der Waals surface area contributed by atoms with Crippen molar-refractivity contribution in [3.8, 4) is 5.00 Å². The first-order valence-corrected chi connectivity index (χ1v) is 9.97. The molecule has 0 N–H and O–H groups in total. The van der Waals surface area contributed by atoms with Crippen LogP contribution >= 0.6 is 22.7 Å². The van der Waals surface area contributed by atoms with Crippen LogP contribution in [0.2, 0.25) is 0 Å². The summed E-state index contributed by atoms with van der Waals surface area (Å²) in [6.45, 7) is 6.69. The van der Waals surface area contributed by atoms with Gasteiger partial charge >= 0.3 is 0 Å². The van der Waals surface area contributed by atoms with Crippen LogP contribution in [-0.2, 0) is 19.5 Å². The molecule has 0 aliphatic carbocycles. The summed E-state index contributed by atoms with van der Waals surface area (Å²) in [5, 5.41) is 3.79. The van der Waals surface area contributed by atoms with Crippen LogP contribution in [0.5, 0.6) is 0 Å². The first-order chi connectivity index (χ1) is 12.0. The molecule has 5 rings (SSSR count). The normalized spacial score (nSPS) is 17.4. The summed E-state index contributed by atoms with van der Waals surface area (Å²) in [6, 6.07) is 2.04. The molecule has 3 aromatic rings. The maximum absolute atomic E-state index is 13.5. The molecule has 3 aromatic heterocycles. The molecule has 2 aliphatic heterocycles. The third-order valence-corrected chi connectivity index (χ3v) is 7.14. The van der Waals surface area contributed by atoms with Gasteiger partial charge in [0.15, 0.2) is 0 Å². The number of thiophene rings is 2. The second-order valence-electron chi connectivity index (χ2n) is 6.78. The highest BCUT2D eigenvalue weighted by Gasteiger charge is 2.28.